The molecule has 2 saturated heterocycles. The minimum Gasteiger partial charge on any atom is -0.465 e. The Morgan fingerprint density at radius 3 is 1.33 bits per heavy atom. The summed E-state index contributed by atoms with van der Waals surface area (Å²) in [5, 5.41) is 0. The van der Waals surface area contributed by atoms with E-state index in [1.165, 1.54) is 0 Å². The summed E-state index contributed by atoms with van der Waals surface area (Å²) in [5.41, 5.74) is -3.58. The highest BCUT2D eigenvalue weighted by Crippen LogP contribution is 2.33. The van der Waals surface area contributed by atoms with Crippen molar-refractivity contribution >= 4 is 23.9 Å². The first-order valence-corrected chi connectivity index (χ1v) is 16.3. The van der Waals surface area contributed by atoms with E-state index in [1.807, 2.05) is 0 Å². The number of ether oxygens (including phenoxy) is 8. The van der Waals surface area contributed by atoms with Crippen LogP contribution in [0.1, 0.15) is 99.8 Å². The number of rotatable bonds is 19. The third-order valence-electron chi connectivity index (χ3n) is 8.16. The quantitative estimate of drug-likeness (QED) is 0.0795. The van der Waals surface area contributed by atoms with Gasteiger partial charge in [0.25, 0.3) is 0 Å². The van der Waals surface area contributed by atoms with Crippen LogP contribution in [0.25, 0.3) is 0 Å². The molecule has 264 valence electrons. The summed E-state index contributed by atoms with van der Waals surface area (Å²) in [6, 6.07) is 0. The van der Waals surface area contributed by atoms with Crippen molar-refractivity contribution in [3.8, 4) is 0 Å². The molecule has 12 nitrogen and oxygen atoms in total. The molecule has 2 heterocycles. The van der Waals surface area contributed by atoms with E-state index in [0.717, 1.165) is 51.0 Å². The largest absolute Gasteiger partial charge is 0.465 e. The summed E-state index contributed by atoms with van der Waals surface area (Å²) in [6.07, 6.45) is 8.71. The molecule has 0 saturated carbocycles. The highest BCUT2D eigenvalue weighted by atomic mass is 16.7. The van der Waals surface area contributed by atoms with Crippen molar-refractivity contribution < 1.29 is 57.1 Å². The molecule has 0 amide bonds. The Bertz CT molecular complexity index is 963. The lowest BCUT2D eigenvalue weighted by molar-refractivity contribution is -0.282. The minimum atomic E-state index is -1.46. The van der Waals surface area contributed by atoms with Crippen molar-refractivity contribution in [1.82, 2.24) is 0 Å². The number of esters is 4. The second kappa shape index (κ2) is 17.6. The lowest BCUT2D eigenvalue weighted by Gasteiger charge is -2.40. The molecule has 0 aromatic rings. The summed E-state index contributed by atoms with van der Waals surface area (Å²) < 4.78 is 44.5. The van der Waals surface area contributed by atoms with Gasteiger partial charge in [-0.05, 0) is 61.3 Å². The number of unbranched alkanes of at least 4 members (excludes halogenated alkanes) is 7. The maximum Gasteiger partial charge on any atom is 0.330 e. The molecule has 0 radical (unpaired) electrons. The zero-order valence-electron chi connectivity index (χ0n) is 29.0. The van der Waals surface area contributed by atoms with Gasteiger partial charge in [0.1, 0.15) is 29.5 Å². The molecule has 0 aromatic heterocycles. The van der Waals surface area contributed by atoms with E-state index in [2.05, 4.69) is 6.58 Å². The minimum absolute atomic E-state index is 0.0921. The van der Waals surface area contributed by atoms with E-state index in [9.17, 15) is 19.2 Å². The van der Waals surface area contributed by atoms with Crippen LogP contribution in [0.2, 0.25) is 0 Å². The van der Waals surface area contributed by atoms with E-state index in [-0.39, 0.29) is 46.2 Å². The SMILES string of the molecule is C=CC(=O)OCCCCCCCCCCOC(=O)C(C)(COC(=O)C1(C)COC(C)(C)OC1)COC(=O)C1(C)COC(C)(C)OC1. The predicted octanol–water partition coefficient (Wildman–Crippen LogP) is 5.05. The smallest absolute Gasteiger partial charge is 0.330 e. The van der Waals surface area contributed by atoms with Crippen molar-refractivity contribution in [2.24, 2.45) is 16.2 Å². The van der Waals surface area contributed by atoms with E-state index < -0.39 is 51.7 Å². The molecular weight excluding hydrogens is 600 g/mol. The topological polar surface area (TPSA) is 142 Å². The maximum absolute atomic E-state index is 13.4. The average Bonchev–Trinajstić information content (AvgIpc) is 3.01. The first-order chi connectivity index (χ1) is 21.5. The van der Waals surface area contributed by atoms with Gasteiger partial charge in [-0.1, -0.05) is 45.1 Å². The van der Waals surface area contributed by atoms with E-state index >= 15 is 0 Å². The summed E-state index contributed by atoms with van der Waals surface area (Å²) >= 11 is 0. The van der Waals surface area contributed by atoms with Crippen LogP contribution in [-0.2, 0) is 57.1 Å². The van der Waals surface area contributed by atoms with Crippen molar-refractivity contribution in [2.45, 2.75) is 111 Å². The molecule has 2 fully saturated rings. The van der Waals surface area contributed by atoms with Gasteiger partial charge < -0.3 is 37.9 Å². The van der Waals surface area contributed by atoms with Crippen LogP contribution in [0.4, 0.5) is 0 Å². The van der Waals surface area contributed by atoms with Gasteiger partial charge in [0.2, 0.25) is 0 Å². The summed E-state index contributed by atoms with van der Waals surface area (Å²) in [6.45, 7) is 15.6. The Hall–Kier alpha value is -2.54. The van der Waals surface area contributed by atoms with Crippen molar-refractivity contribution in [3.63, 3.8) is 0 Å². The van der Waals surface area contributed by atoms with Crippen LogP contribution in [-0.4, -0.2) is 88.3 Å². The summed E-state index contributed by atoms with van der Waals surface area (Å²) in [4.78, 5) is 50.6. The first kappa shape index (κ1) is 39.6. The molecule has 46 heavy (non-hydrogen) atoms. The Labute approximate surface area is 274 Å². The monoisotopic (exact) mass is 656 g/mol. The second-order valence-electron chi connectivity index (χ2n) is 14.1. The first-order valence-electron chi connectivity index (χ1n) is 16.3. The van der Waals surface area contributed by atoms with Crippen molar-refractivity contribution in [1.29, 1.82) is 0 Å². The Morgan fingerprint density at radius 2 is 0.957 bits per heavy atom. The van der Waals surface area contributed by atoms with Gasteiger partial charge in [-0.2, -0.15) is 0 Å². The zero-order chi connectivity index (χ0) is 34.5. The molecule has 2 aliphatic rings. The lowest BCUT2D eigenvalue weighted by atomic mass is 9.89. The van der Waals surface area contributed by atoms with Crippen molar-refractivity contribution in [3.05, 3.63) is 12.7 Å². The normalized spacial score (nSPS) is 19.8. The fourth-order valence-corrected chi connectivity index (χ4v) is 4.53. The number of hydrogen-bond donors (Lipinski definition) is 0. The highest BCUT2D eigenvalue weighted by molar-refractivity contribution is 5.81. The van der Waals surface area contributed by atoms with E-state index in [1.54, 1.807) is 48.5 Å². The lowest BCUT2D eigenvalue weighted by Crippen LogP contribution is -2.51. The molecule has 2 aliphatic heterocycles. The van der Waals surface area contributed by atoms with Crippen LogP contribution >= 0.6 is 0 Å². The standard InChI is InChI=1S/C34H56O12/c1-9-26(35)39-18-16-14-12-10-11-13-15-17-19-40-27(36)32(6,20-41-28(37)33(7)22-43-30(2,3)44-23-33)21-42-29(38)34(8)24-45-31(4,5)46-25-34/h9H,1,10-25H2,2-8H3. The maximum atomic E-state index is 13.4. The Kier molecular flexibility index (Phi) is 15.1. The van der Waals surface area contributed by atoms with Crippen molar-refractivity contribution in [2.75, 3.05) is 52.9 Å². The number of carbonyl (C=O) groups excluding carboxylic acids is 4. The van der Waals surface area contributed by atoms with Gasteiger partial charge in [0.05, 0.1) is 39.6 Å². The molecular formula is C34H56O12. The molecule has 12 heteroatoms. The van der Waals surface area contributed by atoms with Gasteiger partial charge >= 0.3 is 23.9 Å². The third kappa shape index (κ3) is 12.9. The Morgan fingerprint density at radius 1 is 0.609 bits per heavy atom. The van der Waals surface area contributed by atoms with E-state index in [4.69, 9.17) is 37.9 Å². The highest BCUT2D eigenvalue weighted by Gasteiger charge is 2.47. The average molecular weight is 657 g/mol. The van der Waals surface area contributed by atoms with Gasteiger partial charge in [-0.25, -0.2) is 4.79 Å². The van der Waals surface area contributed by atoms with Gasteiger partial charge in [-0.15, -0.1) is 0 Å². The van der Waals surface area contributed by atoms with Crippen LogP contribution < -0.4 is 0 Å². The number of hydrogen-bond acceptors (Lipinski definition) is 12. The third-order valence-corrected chi connectivity index (χ3v) is 8.16. The summed E-state index contributed by atoms with van der Waals surface area (Å²) in [7, 11) is 0. The summed E-state index contributed by atoms with van der Waals surface area (Å²) in [5.74, 6) is -3.82. The van der Waals surface area contributed by atoms with E-state index in [0.29, 0.717) is 13.0 Å². The van der Waals surface area contributed by atoms with Crippen LogP contribution in [0.5, 0.6) is 0 Å². The molecule has 0 spiro atoms. The molecule has 0 aliphatic carbocycles. The zero-order valence-corrected chi connectivity index (χ0v) is 29.0. The van der Waals surface area contributed by atoms with Gasteiger partial charge in [-0.3, -0.25) is 14.4 Å². The molecule has 0 N–H and O–H groups in total. The molecule has 2 rings (SSSR count). The van der Waals surface area contributed by atoms with Crippen LogP contribution in [0, 0.1) is 16.2 Å². The van der Waals surface area contributed by atoms with Crippen LogP contribution in [0.3, 0.4) is 0 Å². The molecule has 0 unspecified atom stereocenters. The van der Waals surface area contributed by atoms with Gasteiger partial charge in [0.15, 0.2) is 11.6 Å². The molecule has 0 atom stereocenters. The Balaban J connectivity index is 1.85. The predicted molar refractivity (Wildman–Crippen MR) is 167 cm³/mol. The molecule has 0 aromatic carbocycles. The van der Waals surface area contributed by atoms with Crippen LogP contribution in [0.15, 0.2) is 12.7 Å². The second-order valence-corrected chi connectivity index (χ2v) is 14.1. The van der Waals surface area contributed by atoms with Gasteiger partial charge in [0, 0.05) is 6.08 Å². The fraction of sp³-hybridized carbons (Fsp3) is 0.824. The fourth-order valence-electron chi connectivity index (χ4n) is 4.53. The number of carbonyl (C=O) groups is 4. The molecule has 0 bridgehead atoms.